The monoisotopic (exact) mass is 400 g/mol. The summed E-state index contributed by atoms with van der Waals surface area (Å²) in [4.78, 5) is 28.6. The molecule has 1 aromatic carbocycles. The van der Waals surface area contributed by atoms with Gasteiger partial charge in [0.25, 0.3) is 11.8 Å². The van der Waals surface area contributed by atoms with E-state index in [0.717, 1.165) is 24.1 Å². The van der Waals surface area contributed by atoms with Crippen molar-refractivity contribution in [1.29, 1.82) is 0 Å². The molecule has 1 fully saturated rings. The molecule has 1 saturated heterocycles. The molecule has 2 amide bonds. The van der Waals surface area contributed by atoms with Crippen LogP contribution in [-0.4, -0.2) is 35.9 Å². The molecule has 0 spiro atoms. The Kier molecular flexibility index (Phi) is 7.27. The first-order chi connectivity index (χ1) is 13.8. The number of primary amides is 1. The Bertz CT molecular complexity index is 984. The molecule has 3 rings (SSSR count). The Balaban J connectivity index is 0.00000145. The van der Waals surface area contributed by atoms with Crippen molar-refractivity contribution < 1.29 is 14.0 Å². The number of fused-ring (bicyclic) bond motifs is 1. The number of anilines is 1. The van der Waals surface area contributed by atoms with Gasteiger partial charge >= 0.3 is 0 Å². The zero-order chi connectivity index (χ0) is 21.7. The molecule has 0 radical (unpaired) electrons. The third-order valence-corrected chi connectivity index (χ3v) is 5.08. The molecule has 4 N–H and O–H groups in total. The SMILES string of the molecule is CC.CC#CC(=O)NC1CCCN(c2c(F)cc(C(N)=O)c3[nH]c(C)c(C)c23)C1. The Labute approximate surface area is 171 Å². The highest BCUT2D eigenvalue weighted by Crippen LogP contribution is 2.37. The number of hydrogen-bond acceptors (Lipinski definition) is 3. The van der Waals surface area contributed by atoms with E-state index in [1.807, 2.05) is 32.6 Å². The van der Waals surface area contributed by atoms with Crippen LogP contribution in [-0.2, 0) is 4.79 Å². The van der Waals surface area contributed by atoms with E-state index in [2.05, 4.69) is 22.1 Å². The van der Waals surface area contributed by atoms with Gasteiger partial charge in [-0.1, -0.05) is 19.8 Å². The van der Waals surface area contributed by atoms with Gasteiger partial charge in [0.15, 0.2) is 0 Å². The number of carbonyl (C=O) groups excluding carboxylic acids is 2. The molecule has 1 aliphatic heterocycles. The quantitative estimate of drug-likeness (QED) is 0.691. The summed E-state index contributed by atoms with van der Waals surface area (Å²) < 4.78 is 15.1. The number of aromatic nitrogens is 1. The number of aryl methyl sites for hydroxylation is 2. The van der Waals surface area contributed by atoms with Crippen LogP contribution in [0.25, 0.3) is 10.9 Å². The van der Waals surface area contributed by atoms with E-state index < -0.39 is 11.7 Å². The summed E-state index contributed by atoms with van der Waals surface area (Å²) in [7, 11) is 0. The van der Waals surface area contributed by atoms with Gasteiger partial charge in [0.05, 0.1) is 16.8 Å². The number of nitrogens with one attached hydrogen (secondary N) is 2. The third-order valence-electron chi connectivity index (χ3n) is 5.08. The van der Waals surface area contributed by atoms with Crippen molar-refractivity contribution >= 4 is 28.4 Å². The van der Waals surface area contributed by atoms with Crippen molar-refractivity contribution in [1.82, 2.24) is 10.3 Å². The molecule has 1 aliphatic rings. The fourth-order valence-electron chi connectivity index (χ4n) is 3.74. The van der Waals surface area contributed by atoms with E-state index in [1.54, 1.807) is 6.92 Å². The minimum atomic E-state index is -0.673. The second kappa shape index (κ2) is 9.46. The van der Waals surface area contributed by atoms with Gasteiger partial charge in [-0.15, -0.1) is 0 Å². The second-order valence-corrected chi connectivity index (χ2v) is 6.88. The van der Waals surface area contributed by atoms with E-state index in [1.165, 1.54) is 6.07 Å². The number of amides is 2. The smallest absolute Gasteiger partial charge is 0.296 e. The third kappa shape index (κ3) is 4.53. The number of halogens is 1. The zero-order valence-corrected chi connectivity index (χ0v) is 17.7. The molecule has 6 nitrogen and oxygen atoms in total. The Morgan fingerprint density at radius 2 is 2.03 bits per heavy atom. The first-order valence-corrected chi connectivity index (χ1v) is 9.92. The van der Waals surface area contributed by atoms with E-state index in [4.69, 9.17) is 5.73 Å². The van der Waals surface area contributed by atoms with Crippen molar-refractivity contribution in [2.24, 2.45) is 5.73 Å². The van der Waals surface area contributed by atoms with Gasteiger partial charge in [-0.3, -0.25) is 9.59 Å². The molecule has 0 bridgehead atoms. The van der Waals surface area contributed by atoms with Crippen LogP contribution in [0.1, 0.15) is 55.2 Å². The summed E-state index contributed by atoms with van der Waals surface area (Å²) in [5.74, 6) is 3.56. The average molecular weight is 400 g/mol. The van der Waals surface area contributed by atoms with Crippen LogP contribution in [0.4, 0.5) is 10.1 Å². The van der Waals surface area contributed by atoms with Crippen molar-refractivity contribution in [3.05, 3.63) is 28.7 Å². The number of nitrogens with two attached hydrogens (primary N) is 1. The molecule has 0 aliphatic carbocycles. The summed E-state index contributed by atoms with van der Waals surface area (Å²) in [6.45, 7) is 10.5. The zero-order valence-electron chi connectivity index (χ0n) is 17.7. The maximum atomic E-state index is 15.1. The number of hydrogen-bond donors (Lipinski definition) is 3. The van der Waals surface area contributed by atoms with Crippen molar-refractivity contribution in [3.8, 4) is 11.8 Å². The van der Waals surface area contributed by atoms with Crippen LogP contribution in [0.2, 0.25) is 0 Å². The van der Waals surface area contributed by atoms with Crippen molar-refractivity contribution in [2.75, 3.05) is 18.0 Å². The molecule has 1 aromatic heterocycles. The number of rotatable bonds is 3. The Morgan fingerprint density at radius 1 is 1.34 bits per heavy atom. The van der Waals surface area contributed by atoms with Crippen LogP contribution < -0.4 is 16.0 Å². The maximum Gasteiger partial charge on any atom is 0.296 e. The Morgan fingerprint density at radius 3 is 2.66 bits per heavy atom. The average Bonchev–Trinajstić information content (AvgIpc) is 2.98. The number of piperidine rings is 1. The predicted molar refractivity (Wildman–Crippen MR) is 114 cm³/mol. The van der Waals surface area contributed by atoms with Crippen LogP contribution in [0.15, 0.2) is 6.07 Å². The molecular formula is C22H29FN4O2. The minimum Gasteiger partial charge on any atom is -0.367 e. The molecule has 29 heavy (non-hydrogen) atoms. The van der Waals surface area contributed by atoms with Crippen molar-refractivity contribution in [3.63, 3.8) is 0 Å². The van der Waals surface area contributed by atoms with Crippen LogP contribution in [0.5, 0.6) is 0 Å². The van der Waals surface area contributed by atoms with Crippen LogP contribution in [0, 0.1) is 31.5 Å². The van der Waals surface area contributed by atoms with Gasteiger partial charge in [0.1, 0.15) is 5.82 Å². The molecule has 2 aromatic rings. The van der Waals surface area contributed by atoms with Crippen LogP contribution >= 0.6 is 0 Å². The number of benzene rings is 1. The molecular weight excluding hydrogens is 371 g/mol. The Hall–Kier alpha value is -3.01. The van der Waals surface area contributed by atoms with Crippen molar-refractivity contribution in [2.45, 2.75) is 53.5 Å². The molecule has 1 unspecified atom stereocenters. The van der Waals surface area contributed by atoms with Gasteiger partial charge in [-0.2, -0.15) is 0 Å². The number of aromatic amines is 1. The van der Waals surface area contributed by atoms with E-state index in [0.29, 0.717) is 29.7 Å². The lowest BCUT2D eigenvalue weighted by molar-refractivity contribution is -0.116. The fraction of sp³-hybridized carbons (Fsp3) is 0.455. The topological polar surface area (TPSA) is 91.2 Å². The first-order valence-electron chi connectivity index (χ1n) is 9.92. The lowest BCUT2D eigenvalue weighted by Crippen LogP contribution is -2.47. The summed E-state index contributed by atoms with van der Waals surface area (Å²) in [5.41, 5.74) is 8.32. The minimum absolute atomic E-state index is 0.113. The maximum absolute atomic E-state index is 15.1. The highest BCUT2D eigenvalue weighted by atomic mass is 19.1. The van der Waals surface area contributed by atoms with Gasteiger partial charge in [0.2, 0.25) is 0 Å². The predicted octanol–water partition coefficient (Wildman–Crippen LogP) is 3.16. The van der Waals surface area contributed by atoms with E-state index >= 15 is 4.39 Å². The standard InChI is InChI=1S/C20H23FN4O2.C2H6/c1-4-6-16(26)24-13-7-5-8-25(10-13)19-15(21)9-14(20(22)27)18-17(19)11(2)12(3)23-18;1-2/h9,13,23H,5,7-8,10H2,1-3H3,(H2,22,27)(H,24,26);1-2H3. The molecule has 2 heterocycles. The van der Waals surface area contributed by atoms with Gasteiger partial charge in [-0.05, 0) is 51.2 Å². The molecule has 156 valence electrons. The number of nitrogens with zero attached hydrogens (tertiary/aromatic N) is 1. The number of carbonyl (C=O) groups is 2. The summed E-state index contributed by atoms with van der Waals surface area (Å²) in [6, 6.07) is 1.08. The largest absolute Gasteiger partial charge is 0.367 e. The summed E-state index contributed by atoms with van der Waals surface area (Å²) >= 11 is 0. The molecule has 1 atom stereocenters. The molecule has 7 heteroatoms. The number of H-pyrrole nitrogens is 1. The summed E-state index contributed by atoms with van der Waals surface area (Å²) in [6.07, 6.45) is 1.62. The van der Waals surface area contributed by atoms with E-state index in [9.17, 15) is 9.59 Å². The highest BCUT2D eigenvalue weighted by molar-refractivity contribution is 6.10. The highest BCUT2D eigenvalue weighted by Gasteiger charge is 2.28. The fourth-order valence-corrected chi connectivity index (χ4v) is 3.74. The lowest BCUT2D eigenvalue weighted by atomic mass is 10.0. The van der Waals surface area contributed by atoms with Gasteiger partial charge in [0, 0.05) is 30.2 Å². The summed E-state index contributed by atoms with van der Waals surface area (Å²) in [5, 5.41) is 3.55. The van der Waals surface area contributed by atoms with Crippen LogP contribution in [0.3, 0.4) is 0 Å². The van der Waals surface area contributed by atoms with E-state index in [-0.39, 0.29) is 17.5 Å². The van der Waals surface area contributed by atoms with Gasteiger partial charge in [-0.25, -0.2) is 4.39 Å². The normalized spacial score (nSPS) is 15.8. The first kappa shape index (κ1) is 22.3. The van der Waals surface area contributed by atoms with Gasteiger partial charge < -0.3 is 20.9 Å². The molecule has 0 saturated carbocycles. The second-order valence-electron chi connectivity index (χ2n) is 6.88. The lowest BCUT2D eigenvalue weighted by Gasteiger charge is -2.35.